The number of para-hydroxylation sites is 1. The largest absolute Gasteiger partial charge is 0.486 e. The van der Waals surface area contributed by atoms with Crippen LogP contribution in [0.2, 0.25) is 0 Å². The van der Waals surface area contributed by atoms with Crippen molar-refractivity contribution < 1.29 is 19.4 Å². The van der Waals surface area contributed by atoms with Gasteiger partial charge in [0.15, 0.2) is 5.01 Å². The number of aliphatic carboxylic acids is 1. The minimum atomic E-state index is -0.821. The molecule has 0 unspecified atom stereocenters. The van der Waals surface area contributed by atoms with E-state index in [-0.39, 0.29) is 23.9 Å². The summed E-state index contributed by atoms with van der Waals surface area (Å²) in [5.74, 6) is -0.494. The lowest BCUT2D eigenvalue weighted by atomic mass is 10.1. The molecule has 0 radical (unpaired) electrons. The van der Waals surface area contributed by atoms with Crippen molar-refractivity contribution in [3.05, 3.63) is 70.2 Å². The van der Waals surface area contributed by atoms with Crippen molar-refractivity contribution in [2.24, 2.45) is 0 Å². The monoisotopic (exact) mass is 383 g/mol. The van der Waals surface area contributed by atoms with Gasteiger partial charge in [0.2, 0.25) is 5.01 Å². The topological polar surface area (TPSA) is 101 Å². The number of nitrogens with zero attached hydrogens (tertiary/aromatic N) is 2. The fourth-order valence-electron chi connectivity index (χ4n) is 2.26. The number of carbonyl (C=O) groups is 2. The molecule has 1 amide bonds. The van der Waals surface area contributed by atoms with E-state index in [2.05, 4.69) is 15.5 Å². The molecule has 27 heavy (non-hydrogen) atoms. The van der Waals surface area contributed by atoms with Crippen molar-refractivity contribution in [3.8, 4) is 5.75 Å². The number of rotatable bonds is 8. The maximum Gasteiger partial charge on any atom is 0.303 e. The van der Waals surface area contributed by atoms with Crippen LogP contribution in [0.4, 0.5) is 5.69 Å². The first-order valence-electron chi connectivity index (χ1n) is 8.22. The van der Waals surface area contributed by atoms with Crippen LogP contribution in [0.15, 0.2) is 54.6 Å². The SMILES string of the molecule is O=C(O)CCc1ccc(OCc2nnc(C(=O)Nc3ccccc3)s2)cc1. The van der Waals surface area contributed by atoms with E-state index >= 15 is 0 Å². The van der Waals surface area contributed by atoms with E-state index in [1.54, 1.807) is 24.3 Å². The number of benzene rings is 2. The number of carboxylic acids is 1. The van der Waals surface area contributed by atoms with Crippen LogP contribution in [-0.4, -0.2) is 27.2 Å². The van der Waals surface area contributed by atoms with Crippen molar-refractivity contribution in [2.75, 3.05) is 5.32 Å². The third-order valence-electron chi connectivity index (χ3n) is 3.61. The van der Waals surface area contributed by atoms with Crippen LogP contribution in [0.25, 0.3) is 0 Å². The molecule has 0 bridgehead atoms. The number of aryl methyl sites for hydroxylation is 1. The van der Waals surface area contributed by atoms with Gasteiger partial charge in [0.1, 0.15) is 12.4 Å². The maximum atomic E-state index is 12.2. The van der Waals surface area contributed by atoms with Crippen molar-refractivity contribution in [1.82, 2.24) is 10.2 Å². The molecule has 2 aromatic carbocycles. The Labute approximate surface area is 159 Å². The number of carbonyl (C=O) groups excluding carboxylic acids is 1. The highest BCUT2D eigenvalue weighted by Gasteiger charge is 2.13. The normalized spacial score (nSPS) is 10.4. The van der Waals surface area contributed by atoms with Gasteiger partial charge in [0, 0.05) is 12.1 Å². The smallest absolute Gasteiger partial charge is 0.303 e. The molecule has 0 aliphatic carbocycles. The summed E-state index contributed by atoms with van der Waals surface area (Å²) in [5.41, 5.74) is 1.62. The predicted molar refractivity (Wildman–Crippen MR) is 101 cm³/mol. The lowest BCUT2D eigenvalue weighted by Crippen LogP contribution is -2.11. The van der Waals surface area contributed by atoms with Gasteiger partial charge in [-0.1, -0.05) is 41.7 Å². The molecule has 0 fully saturated rings. The van der Waals surface area contributed by atoms with E-state index < -0.39 is 5.97 Å². The zero-order valence-electron chi connectivity index (χ0n) is 14.3. The molecule has 0 atom stereocenters. The van der Waals surface area contributed by atoms with Gasteiger partial charge in [-0.15, -0.1) is 10.2 Å². The Kier molecular flexibility index (Phi) is 6.11. The molecule has 0 saturated heterocycles. The summed E-state index contributed by atoms with van der Waals surface area (Å²) >= 11 is 1.17. The third kappa shape index (κ3) is 5.61. The summed E-state index contributed by atoms with van der Waals surface area (Å²) in [4.78, 5) is 22.7. The van der Waals surface area contributed by atoms with E-state index in [4.69, 9.17) is 9.84 Å². The summed E-state index contributed by atoms with van der Waals surface area (Å²) in [7, 11) is 0. The van der Waals surface area contributed by atoms with E-state index in [9.17, 15) is 9.59 Å². The first-order valence-corrected chi connectivity index (χ1v) is 9.04. The summed E-state index contributed by atoms with van der Waals surface area (Å²) in [5, 5.41) is 20.2. The number of carboxylic acid groups (broad SMARTS) is 1. The Balaban J connectivity index is 1.52. The van der Waals surface area contributed by atoms with Crippen LogP contribution in [-0.2, 0) is 17.8 Å². The molecule has 7 nitrogen and oxygen atoms in total. The fourth-order valence-corrected chi connectivity index (χ4v) is 2.91. The van der Waals surface area contributed by atoms with Crippen LogP contribution < -0.4 is 10.1 Å². The molecular formula is C19H17N3O4S. The van der Waals surface area contributed by atoms with Crippen molar-refractivity contribution >= 4 is 28.9 Å². The minimum absolute atomic E-state index is 0.0960. The van der Waals surface area contributed by atoms with Crippen molar-refractivity contribution in [1.29, 1.82) is 0 Å². The molecule has 0 saturated carbocycles. The third-order valence-corrected chi connectivity index (χ3v) is 4.50. The van der Waals surface area contributed by atoms with Crippen LogP contribution in [0, 0.1) is 0 Å². The summed E-state index contributed by atoms with van der Waals surface area (Å²) in [6.07, 6.45) is 0.574. The van der Waals surface area contributed by atoms with E-state index in [1.807, 2.05) is 30.3 Å². The molecule has 3 aromatic rings. The Morgan fingerprint density at radius 1 is 1.04 bits per heavy atom. The molecule has 138 valence electrons. The number of hydrogen-bond acceptors (Lipinski definition) is 6. The molecule has 0 aliphatic rings. The van der Waals surface area contributed by atoms with Gasteiger partial charge in [-0.05, 0) is 36.2 Å². The molecule has 1 aromatic heterocycles. The lowest BCUT2D eigenvalue weighted by Gasteiger charge is -2.05. The number of anilines is 1. The Morgan fingerprint density at radius 3 is 2.48 bits per heavy atom. The highest BCUT2D eigenvalue weighted by Crippen LogP contribution is 2.18. The Bertz CT molecular complexity index is 910. The highest BCUT2D eigenvalue weighted by molar-refractivity contribution is 7.13. The van der Waals surface area contributed by atoms with Gasteiger partial charge >= 0.3 is 5.97 Å². The van der Waals surface area contributed by atoms with Gasteiger partial charge in [-0.25, -0.2) is 0 Å². The Morgan fingerprint density at radius 2 is 1.78 bits per heavy atom. The van der Waals surface area contributed by atoms with Crippen LogP contribution in [0.3, 0.4) is 0 Å². The summed E-state index contributed by atoms with van der Waals surface area (Å²) in [6.45, 7) is 0.199. The van der Waals surface area contributed by atoms with Gasteiger partial charge in [0.25, 0.3) is 5.91 Å². The summed E-state index contributed by atoms with van der Waals surface area (Å²) in [6, 6.07) is 16.3. The van der Waals surface area contributed by atoms with Gasteiger partial charge < -0.3 is 15.2 Å². The number of amides is 1. The minimum Gasteiger partial charge on any atom is -0.486 e. The average Bonchev–Trinajstić information content (AvgIpc) is 3.15. The molecule has 2 N–H and O–H groups in total. The number of nitrogens with one attached hydrogen (secondary N) is 1. The Hall–Kier alpha value is -3.26. The maximum absolute atomic E-state index is 12.2. The number of aromatic nitrogens is 2. The molecule has 0 aliphatic heterocycles. The number of hydrogen-bond donors (Lipinski definition) is 2. The van der Waals surface area contributed by atoms with E-state index in [0.717, 1.165) is 5.56 Å². The van der Waals surface area contributed by atoms with Crippen molar-refractivity contribution in [2.45, 2.75) is 19.4 Å². The van der Waals surface area contributed by atoms with Crippen LogP contribution in [0.5, 0.6) is 5.75 Å². The van der Waals surface area contributed by atoms with Gasteiger partial charge in [0.05, 0.1) is 0 Å². The quantitative estimate of drug-likeness (QED) is 0.618. The van der Waals surface area contributed by atoms with Crippen LogP contribution in [0.1, 0.15) is 26.8 Å². The fraction of sp³-hybridized carbons (Fsp3) is 0.158. The standard InChI is InChI=1S/C19H17N3O4S/c23-17(24)11-8-13-6-9-15(10-7-13)26-12-16-21-22-19(27-16)18(25)20-14-4-2-1-3-5-14/h1-7,9-10H,8,11-12H2,(H,20,25)(H,23,24). The summed E-state index contributed by atoms with van der Waals surface area (Å²) < 4.78 is 5.64. The second-order valence-corrected chi connectivity index (χ2v) is 6.71. The first kappa shape index (κ1) is 18.5. The van der Waals surface area contributed by atoms with E-state index in [1.165, 1.54) is 11.3 Å². The van der Waals surface area contributed by atoms with E-state index in [0.29, 0.717) is 22.9 Å². The zero-order chi connectivity index (χ0) is 19.1. The average molecular weight is 383 g/mol. The molecule has 8 heteroatoms. The lowest BCUT2D eigenvalue weighted by molar-refractivity contribution is -0.136. The predicted octanol–water partition coefficient (Wildman–Crippen LogP) is 3.39. The van der Waals surface area contributed by atoms with Crippen LogP contribution >= 0.6 is 11.3 Å². The van der Waals surface area contributed by atoms with Crippen molar-refractivity contribution in [3.63, 3.8) is 0 Å². The zero-order valence-corrected chi connectivity index (χ0v) is 15.1. The molecule has 3 rings (SSSR count). The number of ether oxygens (including phenoxy) is 1. The van der Waals surface area contributed by atoms with Gasteiger partial charge in [-0.2, -0.15) is 0 Å². The molecule has 1 heterocycles. The molecule has 0 spiro atoms. The molecular weight excluding hydrogens is 366 g/mol. The second-order valence-electron chi connectivity index (χ2n) is 5.65. The first-order chi connectivity index (χ1) is 13.1. The van der Waals surface area contributed by atoms with Gasteiger partial charge in [-0.3, -0.25) is 9.59 Å². The highest BCUT2D eigenvalue weighted by atomic mass is 32.1. The second kappa shape index (κ2) is 8.91.